The number of hydrogen-bond acceptors (Lipinski definition) is 6. The zero-order valence-corrected chi connectivity index (χ0v) is 11.1. The van der Waals surface area contributed by atoms with Crippen LogP contribution in [0.25, 0.3) is 0 Å². The van der Waals surface area contributed by atoms with Gasteiger partial charge in [0.05, 0.1) is 14.2 Å². The molecule has 0 fully saturated rings. The monoisotopic (exact) mass is 274 g/mol. The summed E-state index contributed by atoms with van der Waals surface area (Å²) in [5, 5.41) is 2.99. The van der Waals surface area contributed by atoms with Crippen LogP contribution in [0.4, 0.5) is 11.6 Å². The normalized spacial score (nSPS) is 9.90. The molecule has 0 aliphatic carbocycles. The first-order chi connectivity index (χ1) is 9.65. The number of hydrogen-bond donors (Lipinski definition) is 2. The third-order valence-corrected chi connectivity index (χ3v) is 2.51. The molecule has 2 rings (SSSR count). The van der Waals surface area contributed by atoms with Gasteiger partial charge in [0.1, 0.15) is 0 Å². The molecule has 7 nitrogen and oxygen atoms in total. The Morgan fingerprint density at radius 2 is 1.65 bits per heavy atom. The summed E-state index contributed by atoms with van der Waals surface area (Å²) in [4.78, 5) is 19.6. The molecule has 1 aromatic heterocycles. The lowest BCUT2D eigenvalue weighted by Gasteiger charge is -2.11. The van der Waals surface area contributed by atoms with Crippen molar-refractivity contribution in [2.45, 2.75) is 0 Å². The van der Waals surface area contributed by atoms with E-state index in [4.69, 9.17) is 15.2 Å². The average Bonchev–Trinajstić information content (AvgIpc) is 2.46. The minimum absolute atomic E-state index is 0.00797. The molecular formula is C13H14N4O3. The van der Waals surface area contributed by atoms with Gasteiger partial charge in [-0.25, -0.2) is 0 Å². The van der Waals surface area contributed by atoms with Crippen molar-refractivity contribution in [2.24, 2.45) is 5.73 Å². The minimum atomic E-state index is -0.718. The van der Waals surface area contributed by atoms with Crippen LogP contribution in [0.1, 0.15) is 10.4 Å². The van der Waals surface area contributed by atoms with E-state index in [9.17, 15) is 4.79 Å². The predicted octanol–water partition coefficient (Wildman–Crippen LogP) is 1.34. The number of rotatable bonds is 5. The van der Waals surface area contributed by atoms with Gasteiger partial charge in [-0.2, -0.15) is 9.97 Å². The van der Waals surface area contributed by atoms with Crippen molar-refractivity contribution in [3.63, 3.8) is 0 Å². The Bertz CT molecular complexity index is 591. The van der Waals surface area contributed by atoms with E-state index in [1.807, 2.05) is 30.3 Å². The number of benzene rings is 1. The lowest BCUT2D eigenvalue weighted by molar-refractivity contribution is 0.0992. The Morgan fingerprint density at radius 1 is 1.10 bits per heavy atom. The Morgan fingerprint density at radius 3 is 2.10 bits per heavy atom. The van der Waals surface area contributed by atoms with E-state index >= 15 is 0 Å². The smallest absolute Gasteiger partial charge is 0.259 e. The van der Waals surface area contributed by atoms with E-state index < -0.39 is 5.91 Å². The molecule has 1 amide bonds. The zero-order chi connectivity index (χ0) is 14.5. The molecule has 7 heteroatoms. The van der Waals surface area contributed by atoms with Crippen LogP contribution in [0.2, 0.25) is 0 Å². The van der Waals surface area contributed by atoms with Crippen LogP contribution in [-0.4, -0.2) is 30.1 Å². The van der Waals surface area contributed by atoms with Crippen LogP contribution >= 0.6 is 0 Å². The van der Waals surface area contributed by atoms with Gasteiger partial charge in [0.25, 0.3) is 5.91 Å². The summed E-state index contributed by atoms with van der Waals surface area (Å²) in [5.74, 6) is -0.356. The summed E-state index contributed by atoms with van der Waals surface area (Å²) >= 11 is 0. The van der Waals surface area contributed by atoms with Crippen molar-refractivity contribution in [2.75, 3.05) is 19.5 Å². The number of carbonyl (C=O) groups excluding carboxylic acids is 1. The van der Waals surface area contributed by atoms with Crippen LogP contribution in [0, 0.1) is 0 Å². The fourth-order valence-electron chi connectivity index (χ4n) is 1.63. The molecule has 0 aliphatic heterocycles. The Balaban J connectivity index is 2.43. The highest BCUT2D eigenvalue weighted by Crippen LogP contribution is 2.27. The topological polar surface area (TPSA) is 99.4 Å². The van der Waals surface area contributed by atoms with Gasteiger partial charge in [0.15, 0.2) is 5.56 Å². The van der Waals surface area contributed by atoms with E-state index in [0.29, 0.717) is 0 Å². The summed E-state index contributed by atoms with van der Waals surface area (Å²) < 4.78 is 10.1. The largest absolute Gasteiger partial charge is 0.480 e. The lowest BCUT2D eigenvalue weighted by atomic mass is 10.3. The molecule has 0 aliphatic rings. The molecule has 1 aromatic carbocycles. The molecule has 0 spiro atoms. The van der Waals surface area contributed by atoms with E-state index in [0.717, 1.165) is 5.69 Å². The molecule has 104 valence electrons. The van der Waals surface area contributed by atoms with Crippen molar-refractivity contribution in [1.29, 1.82) is 0 Å². The van der Waals surface area contributed by atoms with Crippen LogP contribution in [0.3, 0.4) is 0 Å². The summed E-state index contributed by atoms with van der Waals surface area (Å²) in [6, 6.07) is 9.33. The van der Waals surface area contributed by atoms with E-state index in [2.05, 4.69) is 15.3 Å². The average molecular weight is 274 g/mol. The van der Waals surface area contributed by atoms with Gasteiger partial charge in [-0.05, 0) is 12.1 Å². The molecule has 0 saturated heterocycles. The summed E-state index contributed by atoms with van der Waals surface area (Å²) in [6.45, 7) is 0. The first-order valence-corrected chi connectivity index (χ1v) is 5.77. The maximum absolute atomic E-state index is 11.4. The molecule has 0 atom stereocenters. The molecule has 2 aromatic rings. The van der Waals surface area contributed by atoms with Gasteiger partial charge in [-0.3, -0.25) is 4.79 Å². The maximum Gasteiger partial charge on any atom is 0.259 e. The Kier molecular flexibility index (Phi) is 3.99. The highest BCUT2D eigenvalue weighted by Gasteiger charge is 2.20. The Hall–Kier alpha value is -2.83. The number of amides is 1. The Labute approximate surface area is 115 Å². The molecule has 20 heavy (non-hydrogen) atoms. The number of ether oxygens (including phenoxy) is 2. The highest BCUT2D eigenvalue weighted by atomic mass is 16.5. The van der Waals surface area contributed by atoms with Crippen molar-refractivity contribution in [3.05, 3.63) is 35.9 Å². The molecule has 0 radical (unpaired) electrons. The quantitative estimate of drug-likeness (QED) is 0.853. The van der Waals surface area contributed by atoms with E-state index in [-0.39, 0.29) is 23.3 Å². The van der Waals surface area contributed by atoms with Crippen LogP contribution in [0.15, 0.2) is 30.3 Å². The van der Waals surface area contributed by atoms with Crippen LogP contribution < -0.4 is 20.5 Å². The summed E-state index contributed by atoms with van der Waals surface area (Å²) in [6.07, 6.45) is 0. The predicted molar refractivity (Wildman–Crippen MR) is 73.4 cm³/mol. The number of carbonyl (C=O) groups is 1. The molecular weight excluding hydrogens is 260 g/mol. The number of para-hydroxylation sites is 1. The second-order valence-electron chi connectivity index (χ2n) is 3.80. The molecule has 0 saturated carbocycles. The lowest BCUT2D eigenvalue weighted by Crippen LogP contribution is -2.16. The number of nitrogens with zero attached hydrogens (tertiary/aromatic N) is 2. The van der Waals surface area contributed by atoms with Gasteiger partial charge in [0.2, 0.25) is 17.7 Å². The molecule has 1 heterocycles. The zero-order valence-electron chi connectivity index (χ0n) is 11.1. The van der Waals surface area contributed by atoms with Crippen molar-refractivity contribution >= 4 is 17.5 Å². The van der Waals surface area contributed by atoms with Gasteiger partial charge in [-0.1, -0.05) is 18.2 Å². The number of primary amides is 1. The van der Waals surface area contributed by atoms with Crippen molar-refractivity contribution < 1.29 is 14.3 Å². The number of nitrogens with one attached hydrogen (secondary N) is 1. The number of aromatic nitrogens is 2. The standard InChI is InChI=1S/C13H14N4O3/c1-19-11-9(10(14)18)12(20-2)17-13(16-11)15-8-6-4-3-5-7-8/h3-7H,1-2H3,(H2,14,18)(H,15,16,17). The molecule has 0 bridgehead atoms. The van der Waals surface area contributed by atoms with Crippen LogP contribution in [-0.2, 0) is 0 Å². The second kappa shape index (κ2) is 5.87. The van der Waals surface area contributed by atoms with Gasteiger partial charge >= 0.3 is 0 Å². The minimum Gasteiger partial charge on any atom is -0.480 e. The van der Waals surface area contributed by atoms with Gasteiger partial charge in [-0.15, -0.1) is 0 Å². The third kappa shape index (κ3) is 2.77. The van der Waals surface area contributed by atoms with E-state index in [1.54, 1.807) is 0 Å². The maximum atomic E-state index is 11.4. The van der Waals surface area contributed by atoms with Crippen molar-refractivity contribution in [3.8, 4) is 11.8 Å². The fourth-order valence-corrected chi connectivity index (χ4v) is 1.63. The molecule has 0 unspecified atom stereocenters. The van der Waals surface area contributed by atoms with Gasteiger partial charge < -0.3 is 20.5 Å². The van der Waals surface area contributed by atoms with Crippen LogP contribution in [0.5, 0.6) is 11.8 Å². The summed E-state index contributed by atoms with van der Waals surface area (Å²) in [5.41, 5.74) is 6.07. The second-order valence-corrected chi connectivity index (χ2v) is 3.80. The number of methoxy groups -OCH3 is 2. The number of nitrogens with two attached hydrogens (primary N) is 1. The molecule has 3 N–H and O–H groups in total. The first-order valence-electron chi connectivity index (χ1n) is 5.77. The first kappa shape index (κ1) is 13.6. The SMILES string of the molecule is COc1nc(Nc2ccccc2)nc(OC)c1C(N)=O. The van der Waals surface area contributed by atoms with Gasteiger partial charge in [0, 0.05) is 5.69 Å². The summed E-state index contributed by atoms with van der Waals surface area (Å²) in [7, 11) is 2.78. The van der Waals surface area contributed by atoms with E-state index in [1.165, 1.54) is 14.2 Å². The third-order valence-electron chi connectivity index (χ3n) is 2.51. The fraction of sp³-hybridized carbons (Fsp3) is 0.154. The van der Waals surface area contributed by atoms with Crippen molar-refractivity contribution in [1.82, 2.24) is 9.97 Å². The number of anilines is 2. The highest BCUT2D eigenvalue weighted by molar-refractivity contribution is 5.97.